The van der Waals surface area contributed by atoms with Crippen molar-refractivity contribution in [2.75, 3.05) is 13.1 Å². The van der Waals surface area contributed by atoms with E-state index in [1.54, 1.807) is 6.07 Å². The lowest BCUT2D eigenvalue weighted by atomic mass is 10.0. The van der Waals surface area contributed by atoms with Crippen LogP contribution in [-0.2, 0) is 6.18 Å². The van der Waals surface area contributed by atoms with Crippen molar-refractivity contribution in [3.63, 3.8) is 0 Å². The van der Waals surface area contributed by atoms with Gasteiger partial charge in [-0.3, -0.25) is 0 Å². The fourth-order valence-corrected chi connectivity index (χ4v) is 3.27. The van der Waals surface area contributed by atoms with Gasteiger partial charge in [-0.2, -0.15) is 13.2 Å². The fraction of sp³-hybridized carbons (Fsp3) is 0.333. The van der Waals surface area contributed by atoms with Gasteiger partial charge in [-0.1, -0.05) is 23.8 Å². The molecule has 170 valence electrons. The third-order valence-electron chi connectivity index (χ3n) is 5.11. The Morgan fingerprint density at radius 1 is 1.16 bits per heavy atom. The second kappa shape index (κ2) is 10.3. The quantitative estimate of drug-likeness (QED) is 0.583. The van der Waals surface area contributed by atoms with E-state index in [0.717, 1.165) is 43.5 Å². The zero-order chi connectivity index (χ0) is 23.1. The molecule has 0 bridgehead atoms. The van der Waals surface area contributed by atoms with E-state index < -0.39 is 11.7 Å². The molecule has 0 atom stereocenters. The highest BCUT2D eigenvalue weighted by Crippen LogP contribution is 2.30. The number of likely N-dealkylation sites (tertiary alicyclic amines) is 1. The van der Waals surface area contributed by atoms with Gasteiger partial charge < -0.3 is 15.0 Å². The highest BCUT2D eigenvalue weighted by atomic mass is 19.4. The van der Waals surface area contributed by atoms with Crippen LogP contribution in [0.2, 0.25) is 0 Å². The van der Waals surface area contributed by atoms with Crippen LogP contribution < -0.4 is 10.1 Å². The van der Waals surface area contributed by atoms with Gasteiger partial charge in [0, 0.05) is 31.4 Å². The van der Waals surface area contributed by atoms with E-state index in [9.17, 15) is 18.0 Å². The minimum Gasteiger partial charge on any atom is -0.439 e. The standard InChI is InChI=1S/C22H22F3N3O2.C2H4/c23-22(24,25)17-4-7-20(26-14-17)30-19-3-1-2-16(13-19)12-15-8-10-28(11-9-15)21(29)27-18-5-6-18;1-2/h1-4,7,12-14,18H,5-6,8-11H2,(H,27,29);1-2H2. The van der Waals surface area contributed by atoms with Gasteiger partial charge in [-0.15, -0.1) is 13.2 Å². The normalized spacial score (nSPS) is 16.0. The predicted octanol–water partition coefficient (Wildman–Crippen LogP) is 6.05. The van der Waals surface area contributed by atoms with Gasteiger partial charge in [0.05, 0.1) is 5.56 Å². The lowest BCUT2D eigenvalue weighted by molar-refractivity contribution is -0.137. The van der Waals surface area contributed by atoms with Crippen LogP contribution in [-0.4, -0.2) is 35.0 Å². The average Bonchev–Trinajstić information content (AvgIpc) is 3.60. The Hall–Kier alpha value is -3.29. The molecule has 0 radical (unpaired) electrons. The fourth-order valence-electron chi connectivity index (χ4n) is 3.27. The molecule has 1 saturated heterocycles. The minimum absolute atomic E-state index is 0.0241. The third-order valence-corrected chi connectivity index (χ3v) is 5.11. The molecular weight excluding hydrogens is 419 g/mol. The topological polar surface area (TPSA) is 54.5 Å². The van der Waals surface area contributed by atoms with Crippen molar-refractivity contribution in [3.05, 3.63) is 72.5 Å². The Balaban J connectivity index is 0.00000141. The Bertz CT molecular complexity index is 944. The zero-order valence-corrected chi connectivity index (χ0v) is 17.7. The van der Waals surface area contributed by atoms with Crippen LogP contribution in [0.1, 0.15) is 36.8 Å². The number of urea groups is 1. The van der Waals surface area contributed by atoms with E-state index in [4.69, 9.17) is 4.74 Å². The molecule has 0 spiro atoms. The maximum Gasteiger partial charge on any atom is 0.417 e. The molecule has 2 fully saturated rings. The summed E-state index contributed by atoms with van der Waals surface area (Å²) in [5.74, 6) is 0.598. The lowest BCUT2D eigenvalue weighted by Crippen LogP contribution is -2.43. The van der Waals surface area contributed by atoms with Crippen LogP contribution in [0.5, 0.6) is 11.6 Å². The highest BCUT2D eigenvalue weighted by molar-refractivity contribution is 5.75. The number of pyridine rings is 1. The van der Waals surface area contributed by atoms with Crippen molar-refractivity contribution >= 4 is 12.1 Å². The molecular formula is C24H26F3N3O2. The molecule has 2 amide bonds. The number of hydrogen-bond donors (Lipinski definition) is 1. The number of halogens is 3. The van der Waals surface area contributed by atoms with Gasteiger partial charge in [0.25, 0.3) is 0 Å². The van der Waals surface area contributed by atoms with Crippen LogP contribution in [0.25, 0.3) is 6.08 Å². The summed E-state index contributed by atoms with van der Waals surface area (Å²) in [5, 5.41) is 3.01. The Kier molecular flexibility index (Phi) is 7.56. The van der Waals surface area contributed by atoms with Crippen LogP contribution >= 0.6 is 0 Å². The number of carbonyl (C=O) groups is 1. The number of piperidine rings is 1. The number of carbonyl (C=O) groups excluding carboxylic acids is 1. The third kappa shape index (κ3) is 6.60. The summed E-state index contributed by atoms with van der Waals surface area (Å²) in [6.45, 7) is 7.38. The second-order valence-electron chi connectivity index (χ2n) is 7.57. The molecule has 8 heteroatoms. The van der Waals surface area contributed by atoms with Crippen LogP contribution in [0.3, 0.4) is 0 Å². The second-order valence-corrected chi connectivity index (χ2v) is 7.57. The number of aromatic nitrogens is 1. The van der Waals surface area contributed by atoms with Gasteiger partial charge >= 0.3 is 12.2 Å². The summed E-state index contributed by atoms with van der Waals surface area (Å²) >= 11 is 0. The van der Waals surface area contributed by atoms with E-state index in [-0.39, 0.29) is 11.9 Å². The van der Waals surface area contributed by atoms with Crippen molar-refractivity contribution < 1.29 is 22.7 Å². The van der Waals surface area contributed by atoms with Crippen LogP contribution in [0.15, 0.2) is 61.3 Å². The SMILES string of the molecule is C=C.O=C(NC1CC1)N1CCC(=Cc2cccc(Oc3ccc(C(F)(F)F)cn3)c2)CC1. The van der Waals surface area contributed by atoms with Crippen molar-refractivity contribution in [3.8, 4) is 11.6 Å². The number of hydrogen-bond acceptors (Lipinski definition) is 3. The summed E-state index contributed by atoms with van der Waals surface area (Å²) in [5.41, 5.74) is 1.37. The van der Waals surface area contributed by atoms with E-state index >= 15 is 0 Å². The molecule has 1 aliphatic carbocycles. The van der Waals surface area contributed by atoms with Crippen molar-refractivity contribution in [1.29, 1.82) is 0 Å². The summed E-state index contributed by atoms with van der Waals surface area (Å²) in [6, 6.07) is 9.84. The molecule has 1 saturated carbocycles. The largest absolute Gasteiger partial charge is 0.439 e. The number of benzene rings is 1. The number of nitrogens with one attached hydrogen (secondary N) is 1. The van der Waals surface area contributed by atoms with Gasteiger partial charge in [-0.25, -0.2) is 9.78 Å². The maximum atomic E-state index is 12.6. The van der Waals surface area contributed by atoms with Gasteiger partial charge in [0.2, 0.25) is 5.88 Å². The number of amides is 2. The van der Waals surface area contributed by atoms with Crippen LogP contribution in [0.4, 0.5) is 18.0 Å². The first-order valence-electron chi connectivity index (χ1n) is 10.4. The highest BCUT2D eigenvalue weighted by Gasteiger charge is 2.30. The lowest BCUT2D eigenvalue weighted by Gasteiger charge is -2.28. The van der Waals surface area contributed by atoms with Crippen molar-refractivity contribution in [2.24, 2.45) is 0 Å². The molecule has 2 heterocycles. The van der Waals surface area contributed by atoms with E-state index in [2.05, 4.69) is 29.5 Å². The summed E-state index contributed by atoms with van der Waals surface area (Å²) in [4.78, 5) is 17.7. The maximum absolute atomic E-state index is 12.6. The van der Waals surface area contributed by atoms with Gasteiger partial charge in [0.15, 0.2) is 0 Å². The Morgan fingerprint density at radius 2 is 1.88 bits per heavy atom. The summed E-state index contributed by atoms with van der Waals surface area (Å²) in [7, 11) is 0. The van der Waals surface area contributed by atoms with Crippen LogP contribution in [0, 0.1) is 0 Å². The van der Waals surface area contributed by atoms with Gasteiger partial charge in [0.1, 0.15) is 5.75 Å². The molecule has 1 N–H and O–H groups in total. The molecule has 1 aliphatic heterocycles. The molecule has 32 heavy (non-hydrogen) atoms. The first-order valence-corrected chi connectivity index (χ1v) is 10.4. The first-order chi connectivity index (χ1) is 15.4. The van der Waals surface area contributed by atoms with E-state index in [1.807, 2.05) is 23.1 Å². The monoisotopic (exact) mass is 445 g/mol. The average molecular weight is 445 g/mol. The number of ether oxygens (including phenoxy) is 1. The van der Waals surface area contributed by atoms with Gasteiger partial charge in [-0.05, 0) is 49.4 Å². The minimum atomic E-state index is -4.42. The summed E-state index contributed by atoms with van der Waals surface area (Å²) in [6.07, 6.45) is 2.17. The van der Waals surface area contributed by atoms with E-state index in [0.29, 0.717) is 24.9 Å². The number of nitrogens with zero attached hydrogens (tertiary/aromatic N) is 2. The summed E-state index contributed by atoms with van der Waals surface area (Å²) < 4.78 is 43.5. The Morgan fingerprint density at radius 3 is 2.47 bits per heavy atom. The molecule has 2 aromatic rings. The van der Waals surface area contributed by atoms with E-state index in [1.165, 1.54) is 11.6 Å². The molecule has 2 aliphatic rings. The van der Waals surface area contributed by atoms with Crippen molar-refractivity contribution in [1.82, 2.24) is 15.2 Å². The molecule has 1 aromatic carbocycles. The zero-order valence-electron chi connectivity index (χ0n) is 17.7. The number of alkyl halides is 3. The molecule has 1 aromatic heterocycles. The number of rotatable bonds is 4. The molecule has 5 nitrogen and oxygen atoms in total. The van der Waals surface area contributed by atoms with Crippen molar-refractivity contribution in [2.45, 2.75) is 37.9 Å². The molecule has 0 unspecified atom stereocenters. The predicted molar refractivity (Wildman–Crippen MR) is 117 cm³/mol. The first kappa shape index (κ1) is 23.4. The smallest absolute Gasteiger partial charge is 0.417 e. The Labute approximate surface area is 185 Å². The molecule has 4 rings (SSSR count).